The van der Waals surface area contributed by atoms with Crippen LogP contribution < -0.4 is 4.74 Å². The molecule has 0 fully saturated rings. The summed E-state index contributed by atoms with van der Waals surface area (Å²) in [6.07, 6.45) is 5.00. The Morgan fingerprint density at radius 2 is 1.90 bits per heavy atom. The van der Waals surface area contributed by atoms with Crippen molar-refractivity contribution < 1.29 is 19.7 Å². The van der Waals surface area contributed by atoms with Crippen LogP contribution in [-0.2, 0) is 6.42 Å². The highest BCUT2D eigenvalue weighted by Gasteiger charge is 2.34. The van der Waals surface area contributed by atoms with Gasteiger partial charge in [-0.1, -0.05) is 55.8 Å². The Hall–Kier alpha value is -2.75. The van der Waals surface area contributed by atoms with Crippen LogP contribution in [0.4, 0.5) is 0 Å². The number of phenols is 2. The summed E-state index contributed by atoms with van der Waals surface area (Å²) >= 11 is 0. The molecular weight excluding hydrogens is 376 g/mol. The Morgan fingerprint density at radius 3 is 2.53 bits per heavy atom. The lowest BCUT2D eigenvalue weighted by atomic mass is 9.71. The first-order chi connectivity index (χ1) is 14.3. The maximum Gasteiger partial charge on any atom is 0.170 e. The van der Waals surface area contributed by atoms with Crippen molar-refractivity contribution in [3.8, 4) is 17.2 Å². The van der Waals surface area contributed by atoms with Crippen LogP contribution >= 0.6 is 0 Å². The van der Waals surface area contributed by atoms with Crippen LogP contribution in [0.2, 0.25) is 0 Å². The van der Waals surface area contributed by atoms with Crippen molar-refractivity contribution in [3.63, 3.8) is 0 Å². The van der Waals surface area contributed by atoms with Gasteiger partial charge in [-0.2, -0.15) is 0 Å². The molecule has 2 N–H and O–H groups in total. The topological polar surface area (TPSA) is 66.8 Å². The van der Waals surface area contributed by atoms with Gasteiger partial charge in [-0.3, -0.25) is 4.79 Å². The molecule has 4 heteroatoms. The average Bonchev–Trinajstić information content (AvgIpc) is 2.72. The SMILES string of the molecule is COc1cc(O)c(C(=O)CCc2ccccc2)c(O)c1[C@@H]1C=C(C)CC[C@H]1C(C)C. The number of phenolic OH excluding ortho intramolecular Hbond substituents is 2. The fraction of sp³-hybridized carbons (Fsp3) is 0.423. The minimum atomic E-state index is -0.268. The second-order valence-corrected chi connectivity index (χ2v) is 8.63. The van der Waals surface area contributed by atoms with Crippen molar-refractivity contribution in [1.29, 1.82) is 0 Å². The van der Waals surface area contributed by atoms with Gasteiger partial charge in [-0.05, 0) is 43.6 Å². The van der Waals surface area contributed by atoms with Gasteiger partial charge in [0.2, 0.25) is 0 Å². The zero-order chi connectivity index (χ0) is 21.8. The molecule has 0 heterocycles. The predicted octanol–water partition coefficient (Wildman–Crippen LogP) is 6.02. The number of hydrogen-bond acceptors (Lipinski definition) is 4. The Balaban J connectivity index is 2.01. The van der Waals surface area contributed by atoms with Crippen molar-refractivity contribution >= 4 is 5.78 Å². The van der Waals surface area contributed by atoms with E-state index in [0.29, 0.717) is 29.6 Å². The Bertz CT molecular complexity index is 928. The fourth-order valence-electron chi connectivity index (χ4n) is 4.57. The molecule has 0 spiro atoms. The Morgan fingerprint density at radius 1 is 1.20 bits per heavy atom. The largest absolute Gasteiger partial charge is 0.507 e. The molecule has 0 unspecified atom stereocenters. The third kappa shape index (κ3) is 4.53. The number of carbonyl (C=O) groups is 1. The Kier molecular flexibility index (Phi) is 6.86. The maximum atomic E-state index is 13.0. The molecule has 1 aliphatic carbocycles. The number of ether oxygens (including phenoxy) is 1. The number of methoxy groups -OCH3 is 1. The van der Waals surface area contributed by atoms with Gasteiger partial charge >= 0.3 is 0 Å². The number of aromatic hydroxyl groups is 2. The van der Waals surface area contributed by atoms with Crippen molar-refractivity contribution in [2.24, 2.45) is 11.8 Å². The minimum absolute atomic E-state index is 0.000800. The summed E-state index contributed by atoms with van der Waals surface area (Å²) in [5, 5.41) is 21.7. The van der Waals surface area contributed by atoms with E-state index in [1.54, 1.807) is 0 Å². The number of hydrogen-bond donors (Lipinski definition) is 2. The number of rotatable bonds is 7. The number of ketones is 1. The molecule has 0 aliphatic heterocycles. The van der Waals surface area contributed by atoms with Gasteiger partial charge < -0.3 is 14.9 Å². The molecular formula is C26H32O4. The van der Waals surface area contributed by atoms with Gasteiger partial charge in [0.1, 0.15) is 22.8 Å². The minimum Gasteiger partial charge on any atom is -0.507 e. The summed E-state index contributed by atoms with van der Waals surface area (Å²) in [6, 6.07) is 11.2. The standard InChI is InChI=1S/C26H32O4/c1-16(2)19-12-10-17(3)14-20(19)24-23(30-4)15-22(28)25(26(24)29)21(27)13-11-18-8-6-5-7-9-18/h5-9,14-16,19-20,28-29H,10-13H2,1-4H3/t19-,20+/m0/s1. The highest BCUT2D eigenvalue weighted by molar-refractivity contribution is 6.02. The van der Waals surface area contributed by atoms with Gasteiger partial charge in [-0.25, -0.2) is 0 Å². The van der Waals surface area contributed by atoms with Gasteiger partial charge in [0, 0.05) is 24.0 Å². The summed E-state index contributed by atoms with van der Waals surface area (Å²) in [5.74, 6) is 0.451. The van der Waals surface area contributed by atoms with Crippen LogP contribution in [0.1, 0.15) is 67.4 Å². The number of Topliss-reactive ketones (excluding diaryl/α,β-unsaturated/α-hetero) is 1. The van der Waals surface area contributed by atoms with Crippen molar-refractivity contribution in [2.75, 3.05) is 7.11 Å². The first-order valence-corrected chi connectivity index (χ1v) is 10.7. The molecule has 0 saturated carbocycles. The molecule has 0 amide bonds. The van der Waals surface area contributed by atoms with E-state index < -0.39 is 0 Å². The average molecular weight is 409 g/mol. The van der Waals surface area contributed by atoms with Crippen molar-refractivity contribution in [2.45, 2.75) is 52.4 Å². The normalized spacial score (nSPS) is 18.9. The lowest BCUT2D eigenvalue weighted by Gasteiger charge is -2.34. The van der Waals surface area contributed by atoms with Gasteiger partial charge in [0.15, 0.2) is 5.78 Å². The number of benzene rings is 2. The Labute approximate surface area is 179 Å². The first-order valence-electron chi connectivity index (χ1n) is 10.7. The number of carbonyl (C=O) groups excluding carboxylic acids is 1. The summed E-state index contributed by atoms with van der Waals surface area (Å²) in [5.41, 5.74) is 2.92. The molecule has 4 nitrogen and oxygen atoms in total. The van der Waals surface area contributed by atoms with E-state index in [1.165, 1.54) is 18.7 Å². The molecule has 0 bridgehead atoms. The molecule has 0 saturated heterocycles. The molecule has 3 rings (SSSR count). The summed E-state index contributed by atoms with van der Waals surface area (Å²) in [6.45, 7) is 6.46. The number of allylic oxidation sites excluding steroid dienone is 2. The van der Waals surface area contributed by atoms with E-state index in [0.717, 1.165) is 18.4 Å². The number of aryl methyl sites for hydroxylation is 1. The van der Waals surface area contributed by atoms with E-state index in [4.69, 9.17) is 4.74 Å². The second kappa shape index (κ2) is 9.38. The summed E-state index contributed by atoms with van der Waals surface area (Å²) in [4.78, 5) is 13.0. The van der Waals surface area contributed by atoms with Gasteiger partial charge in [0.25, 0.3) is 0 Å². The van der Waals surface area contributed by atoms with Crippen LogP contribution in [0.25, 0.3) is 0 Å². The second-order valence-electron chi connectivity index (χ2n) is 8.63. The highest BCUT2D eigenvalue weighted by Crippen LogP contribution is 2.49. The van der Waals surface area contributed by atoms with E-state index >= 15 is 0 Å². The predicted molar refractivity (Wildman–Crippen MR) is 119 cm³/mol. The van der Waals surface area contributed by atoms with Crippen LogP contribution in [0.3, 0.4) is 0 Å². The molecule has 0 aromatic heterocycles. The van der Waals surface area contributed by atoms with Crippen LogP contribution in [0.5, 0.6) is 17.2 Å². The van der Waals surface area contributed by atoms with Crippen LogP contribution in [0.15, 0.2) is 48.0 Å². The van der Waals surface area contributed by atoms with Crippen LogP contribution in [-0.4, -0.2) is 23.1 Å². The van der Waals surface area contributed by atoms with Gasteiger partial charge in [-0.15, -0.1) is 0 Å². The molecule has 2 aromatic rings. The lowest BCUT2D eigenvalue weighted by Crippen LogP contribution is -2.22. The third-order valence-electron chi connectivity index (χ3n) is 6.25. The lowest BCUT2D eigenvalue weighted by molar-refractivity contribution is 0.0977. The monoisotopic (exact) mass is 408 g/mol. The third-order valence-corrected chi connectivity index (χ3v) is 6.25. The first kappa shape index (κ1) is 21.9. The zero-order valence-corrected chi connectivity index (χ0v) is 18.3. The maximum absolute atomic E-state index is 13.0. The van der Waals surface area contributed by atoms with Crippen molar-refractivity contribution in [3.05, 3.63) is 64.7 Å². The van der Waals surface area contributed by atoms with E-state index in [2.05, 4.69) is 26.8 Å². The summed E-state index contributed by atoms with van der Waals surface area (Å²) in [7, 11) is 1.53. The van der Waals surface area contributed by atoms with Crippen LogP contribution in [0, 0.1) is 11.8 Å². The smallest absolute Gasteiger partial charge is 0.170 e. The van der Waals surface area contributed by atoms with Gasteiger partial charge in [0.05, 0.1) is 7.11 Å². The molecule has 160 valence electrons. The molecule has 0 radical (unpaired) electrons. The van der Waals surface area contributed by atoms with E-state index in [-0.39, 0.29) is 35.2 Å². The summed E-state index contributed by atoms with van der Waals surface area (Å²) < 4.78 is 5.53. The fourth-order valence-corrected chi connectivity index (χ4v) is 4.57. The van der Waals surface area contributed by atoms with Crippen molar-refractivity contribution in [1.82, 2.24) is 0 Å². The zero-order valence-electron chi connectivity index (χ0n) is 18.3. The molecule has 1 aliphatic rings. The quantitative estimate of drug-likeness (QED) is 0.434. The highest BCUT2D eigenvalue weighted by atomic mass is 16.5. The van der Waals surface area contributed by atoms with E-state index in [9.17, 15) is 15.0 Å². The molecule has 2 atom stereocenters. The molecule has 2 aromatic carbocycles. The van der Waals surface area contributed by atoms with E-state index in [1.807, 2.05) is 30.3 Å². The molecule has 30 heavy (non-hydrogen) atoms.